The summed E-state index contributed by atoms with van der Waals surface area (Å²) in [4.78, 5) is 20.1. The zero-order valence-corrected chi connectivity index (χ0v) is 15.5. The number of carbonyl (C=O) groups is 1. The summed E-state index contributed by atoms with van der Waals surface area (Å²) in [6.45, 7) is 0.970. The standard InChI is InChI=1S/C21H20ClFN2O2/c22-17-3-1-2-14(10-17)12-25(21(26)16-4-5-16)13-19-11-20(24-27-19)15-6-8-18(23)9-7-15/h1-3,6-10,16,19H,4-5,11-13H2/t19-/m0/s1. The largest absolute Gasteiger partial charge is 0.390 e. The Kier molecular flexibility index (Phi) is 5.12. The van der Waals surface area contributed by atoms with Crippen LogP contribution in [-0.4, -0.2) is 29.2 Å². The molecule has 0 spiro atoms. The molecule has 1 atom stereocenters. The summed E-state index contributed by atoms with van der Waals surface area (Å²) in [6, 6.07) is 13.8. The molecule has 6 heteroatoms. The van der Waals surface area contributed by atoms with Crippen LogP contribution in [0.3, 0.4) is 0 Å². The first-order valence-electron chi connectivity index (χ1n) is 9.10. The van der Waals surface area contributed by atoms with Crippen LogP contribution < -0.4 is 0 Å². The van der Waals surface area contributed by atoms with Crippen LogP contribution in [0.1, 0.15) is 30.4 Å². The quantitative estimate of drug-likeness (QED) is 0.737. The molecule has 1 fully saturated rings. The number of hydrogen-bond donors (Lipinski definition) is 0. The number of oxime groups is 1. The summed E-state index contributed by atoms with van der Waals surface area (Å²) in [5, 5.41) is 4.80. The molecular formula is C21H20ClFN2O2. The molecular weight excluding hydrogens is 367 g/mol. The first-order chi connectivity index (χ1) is 13.1. The van der Waals surface area contributed by atoms with E-state index in [1.807, 2.05) is 29.2 Å². The normalized spacial score (nSPS) is 18.7. The number of hydrogen-bond acceptors (Lipinski definition) is 3. The average Bonchev–Trinajstić information content (AvgIpc) is 3.40. The Hall–Kier alpha value is -2.40. The van der Waals surface area contributed by atoms with Crippen molar-refractivity contribution in [3.63, 3.8) is 0 Å². The van der Waals surface area contributed by atoms with Crippen LogP contribution >= 0.6 is 11.6 Å². The van der Waals surface area contributed by atoms with Crippen molar-refractivity contribution >= 4 is 23.2 Å². The smallest absolute Gasteiger partial charge is 0.226 e. The fourth-order valence-electron chi connectivity index (χ4n) is 3.26. The van der Waals surface area contributed by atoms with E-state index in [1.54, 1.807) is 12.1 Å². The zero-order valence-electron chi connectivity index (χ0n) is 14.8. The second kappa shape index (κ2) is 7.69. The molecule has 2 aromatic carbocycles. The lowest BCUT2D eigenvalue weighted by atomic mass is 10.0. The van der Waals surface area contributed by atoms with E-state index in [0.717, 1.165) is 29.7 Å². The molecule has 27 heavy (non-hydrogen) atoms. The summed E-state index contributed by atoms with van der Waals surface area (Å²) in [5.74, 6) is 0.00873. The maximum Gasteiger partial charge on any atom is 0.226 e. The Morgan fingerprint density at radius 3 is 2.70 bits per heavy atom. The average molecular weight is 387 g/mol. The van der Waals surface area contributed by atoms with Gasteiger partial charge in [0.2, 0.25) is 5.91 Å². The summed E-state index contributed by atoms with van der Waals surface area (Å²) in [5.41, 5.74) is 2.62. The van der Waals surface area contributed by atoms with Gasteiger partial charge in [-0.1, -0.05) is 41.0 Å². The molecule has 0 unspecified atom stereocenters. The molecule has 0 bridgehead atoms. The van der Waals surface area contributed by atoms with E-state index in [1.165, 1.54) is 12.1 Å². The predicted octanol–water partition coefficient (Wildman–Crippen LogP) is 4.41. The Labute approximate surface area is 162 Å². The van der Waals surface area contributed by atoms with Gasteiger partial charge in [0.05, 0.1) is 12.3 Å². The predicted molar refractivity (Wildman–Crippen MR) is 102 cm³/mol. The van der Waals surface area contributed by atoms with Gasteiger partial charge in [-0.15, -0.1) is 0 Å². The number of halogens is 2. The Morgan fingerprint density at radius 2 is 2.00 bits per heavy atom. The highest BCUT2D eigenvalue weighted by atomic mass is 35.5. The highest BCUT2D eigenvalue weighted by molar-refractivity contribution is 6.30. The lowest BCUT2D eigenvalue weighted by Crippen LogP contribution is -2.38. The molecule has 0 radical (unpaired) electrons. The molecule has 2 aromatic rings. The van der Waals surface area contributed by atoms with Crippen LogP contribution in [0.25, 0.3) is 0 Å². The van der Waals surface area contributed by atoms with Crippen molar-refractivity contribution < 1.29 is 14.0 Å². The van der Waals surface area contributed by atoms with Gasteiger partial charge < -0.3 is 9.74 Å². The molecule has 1 heterocycles. The van der Waals surface area contributed by atoms with Crippen LogP contribution in [0.5, 0.6) is 0 Å². The lowest BCUT2D eigenvalue weighted by Gasteiger charge is -2.25. The third-order valence-corrected chi connectivity index (χ3v) is 5.07. The number of amides is 1. The first-order valence-corrected chi connectivity index (χ1v) is 9.48. The monoisotopic (exact) mass is 386 g/mol. The molecule has 2 aliphatic rings. The molecule has 4 nitrogen and oxygen atoms in total. The minimum atomic E-state index is -0.280. The van der Waals surface area contributed by atoms with Gasteiger partial charge in [-0.05, 0) is 48.2 Å². The van der Waals surface area contributed by atoms with Gasteiger partial charge in [-0.3, -0.25) is 4.79 Å². The van der Waals surface area contributed by atoms with E-state index < -0.39 is 0 Å². The third-order valence-electron chi connectivity index (χ3n) is 4.84. The highest BCUT2D eigenvalue weighted by Crippen LogP contribution is 2.32. The fraction of sp³-hybridized carbons (Fsp3) is 0.333. The summed E-state index contributed by atoms with van der Waals surface area (Å²) >= 11 is 6.08. The van der Waals surface area contributed by atoms with Crippen molar-refractivity contribution in [3.8, 4) is 0 Å². The fourth-order valence-corrected chi connectivity index (χ4v) is 3.47. The van der Waals surface area contributed by atoms with Crippen LogP contribution in [0.2, 0.25) is 5.02 Å². The second-order valence-corrected chi connectivity index (χ2v) is 7.54. The minimum Gasteiger partial charge on any atom is -0.390 e. The van der Waals surface area contributed by atoms with Crippen molar-refractivity contribution in [1.29, 1.82) is 0 Å². The van der Waals surface area contributed by atoms with Gasteiger partial charge in [0, 0.05) is 23.9 Å². The molecule has 0 N–H and O–H groups in total. The van der Waals surface area contributed by atoms with Crippen molar-refractivity contribution in [2.45, 2.75) is 31.9 Å². The Bertz CT molecular complexity index is 865. The van der Waals surface area contributed by atoms with Crippen LogP contribution in [0.15, 0.2) is 53.7 Å². The SMILES string of the molecule is O=C(C1CC1)N(Cc1cccc(Cl)c1)C[C@@H]1CC(c2ccc(F)cc2)=NO1. The summed E-state index contributed by atoms with van der Waals surface area (Å²) in [7, 11) is 0. The molecule has 1 saturated carbocycles. The van der Waals surface area contributed by atoms with E-state index >= 15 is 0 Å². The van der Waals surface area contributed by atoms with E-state index in [2.05, 4.69) is 5.16 Å². The van der Waals surface area contributed by atoms with Crippen molar-refractivity contribution in [1.82, 2.24) is 4.90 Å². The van der Waals surface area contributed by atoms with Crippen molar-refractivity contribution in [3.05, 3.63) is 70.5 Å². The maximum absolute atomic E-state index is 13.1. The molecule has 0 aromatic heterocycles. The molecule has 4 rings (SSSR count). The molecule has 1 aliphatic heterocycles. The van der Waals surface area contributed by atoms with Crippen LogP contribution in [-0.2, 0) is 16.2 Å². The zero-order chi connectivity index (χ0) is 18.8. The third kappa shape index (κ3) is 4.48. The first kappa shape index (κ1) is 18.0. The molecule has 140 valence electrons. The van der Waals surface area contributed by atoms with Gasteiger partial charge in [0.1, 0.15) is 5.82 Å². The summed E-state index contributed by atoms with van der Waals surface area (Å²) in [6.07, 6.45) is 2.30. The minimum absolute atomic E-state index is 0.128. The highest BCUT2D eigenvalue weighted by Gasteiger charge is 2.35. The number of carbonyl (C=O) groups excluding carboxylic acids is 1. The molecule has 1 amide bonds. The number of rotatable bonds is 6. The second-order valence-electron chi connectivity index (χ2n) is 7.10. The van der Waals surface area contributed by atoms with Gasteiger partial charge in [-0.25, -0.2) is 4.39 Å². The van der Waals surface area contributed by atoms with Gasteiger partial charge in [0.15, 0.2) is 6.10 Å². The van der Waals surface area contributed by atoms with Crippen LogP contribution in [0, 0.1) is 11.7 Å². The number of benzene rings is 2. The van der Waals surface area contributed by atoms with E-state index in [9.17, 15) is 9.18 Å². The van der Waals surface area contributed by atoms with Crippen molar-refractivity contribution in [2.75, 3.05) is 6.54 Å². The number of nitrogens with zero attached hydrogens (tertiary/aromatic N) is 2. The lowest BCUT2D eigenvalue weighted by molar-refractivity contribution is -0.135. The van der Waals surface area contributed by atoms with E-state index in [4.69, 9.17) is 16.4 Å². The van der Waals surface area contributed by atoms with Crippen molar-refractivity contribution in [2.24, 2.45) is 11.1 Å². The molecule has 0 saturated heterocycles. The molecule has 1 aliphatic carbocycles. The Balaban J connectivity index is 1.43. The van der Waals surface area contributed by atoms with Gasteiger partial charge >= 0.3 is 0 Å². The van der Waals surface area contributed by atoms with Crippen LogP contribution in [0.4, 0.5) is 4.39 Å². The topological polar surface area (TPSA) is 41.9 Å². The van der Waals surface area contributed by atoms with Gasteiger partial charge in [-0.2, -0.15) is 0 Å². The Morgan fingerprint density at radius 1 is 1.22 bits per heavy atom. The summed E-state index contributed by atoms with van der Waals surface area (Å²) < 4.78 is 13.1. The van der Waals surface area contributed by atoms with Gasteiger partial charge in [0.25, 0.3) is 0 Å². The van der Waals surface area contributed by atoms with E-state index in [0.29, 0.717) is 24.5 Å². The maximum atomic E-state index is 13.1. The van der Waals surface area contributed by atoms with E-state index in [-0.39, 0.29) is 23.7 Å².